The van der Waals surface area contributed by atoms with Gasteiger partial charge < -0.3 is 10.0 Å². The fraction of sp³-hybridized carbons (Fsp3) is 0.647. The zero-order chi connectivity index (χ0) is 14.4. The van der Waals surface area contributed by atoms with Gasteiger partial charge in [-0.25, -0.2) is 0 Å². The minimum Gasteiger partial charge on any atom is -0.396 e. The van der Waals surface area contributed by atoms with Crippen molar-refractivity contribution >= 4 is 0 Å². The lowest BCUT2D eigenvalue weighted by molar-refractivity contribution is 0.169. The topological polar surface area (TPSA) is 26.7 Å². The van der Waals surface area contributed by atoms with E-state index in [2.05, 4.69) is 48.2 Å². The molecule has 3 nitrogen and oxygen atoms in total. The van der Waals surface area contributed by atoms with E-state index in [0.717, 1.165) is 19.0 Å². The molecule has 2 rings (SSSR count). The first-order valence-electron chi connectivity index (χ1n) is 7.78. The molecule has 1 saturated heterocycles. The van der Waals surface area contributed by atoms with E-state index in [0.29, 0.717) is 6.04 Å². The van der Waals surface area contributed by atoms with E-state index in [-0.39, 0.29) is 6.61 Å². The highest BCUT2D eigenvalue weighted by Crippen LogP contribution is 2.24. The van der Waals surface area contributed by atoms with E-state index in [9.17, 15) is 5.11 Å². The summed E-state index contributed by atoms with van der Waals surface area (Å²) >= 11 is 0. The molecule has 1 aliphatic heterocycles. The second-order valence-corrected chi connectivity index (χ2v) is 5.98. The molecule has 1 N–H and O–H groups in total. The van der Waals surface area contributed by atoms with Crippen LogP contribution in [0.25, 0.3) is 0 Å². The Labute approximate surface area is 123 Å². The summed E-state index contributed by atoms with van der Waals surface area (Å²) < 4.78 is 0. The minimum atomic E-state index is 0.243. The van der Waals surface area contributed by atoms with Crippen LogP contribution in [0, 0.1) is 0 Å². The maximum Gasteiger partial charge on any atom is 0.0449 e. The third kappa shape index (κ3) is 4.05. The van der Waals surface area contributed by atoms with Crippen molar-refractivity contribution in [1.82, 2.24) is 9.80 Å². The van der Waals surface area contributed by atoms with Gasteiger partial charge in [0.05, 0.1) is 0 Å². The fourth-order valence-electron chi connectivity index (χ4n) is 3.29. The molecule has 3 heteroatoms. The fourth-order valence-corrected chi connectivity index (χ4v) is 3.29. The summed E-state index contributed by atoms with van der Waals surface area (Å²) in [6.45, 7) is 2.58. The van der Waals surface area contributed by atoms with Crippen LogP contribution in [0.3, 0.4) is 0 Å². The normalized spacial score (nSPS) is 21.5. The Balaban J connectivity index is 1.91. The first kappa shape index (κ1) is 15.5. The smallest absolute Gasteiger partial charge is 0.0449 e. The first-order valence-corrected chi connectivity index (χ1v) is 7.78. The SMILES string of the molecule is CN1CCCC1CCN(C)C(CCO)c1ccccc1. The van der Waals surface area contributed by atoms with Crippen molar-refractivity contribution in [3.05, 3.63) is 35.9 Å². The molecular weight excluding hydrogens is 248 g/mol. The maximum absolute atomic E-state index is 9.33. The van der Waals surface area contributed by atoms with E-state index < -0.39 is 0 Å². The van der Waals surface area contributed by atoms with E-state index in [4.69, 9.17) is 0 Å². The van der Waals surface area contributed by atoms with Crippen LogP contribution >= 0.6 is 0 Å². The van der Waals surface area contributed by atoms with Gasteiger partial charge in [0.1, 0.15) is 0 Å². The van der Waals surface area contributed by atoms with Crippen molar-refractivity contribution in [2.24, 2.45) is 0 Å². The van der Waals surface area contributed by atoms with Crippen molar-refractivity contribution in [1.29, 1.82) is 0 Å². The van der Waals surface area contributed by atoms with Gasteiger partial charge >= 0.3 is 0 Å². The minimum absolute atomic E-state index is 0.243. The molecule has 0 spiro atoms. The Bertz CT molecular complexity index is 382. The van der Waals surface area contributed by atoms with Crippen molar-refractivity contribution < 1.29 is 5.11 Å². The van der Waals surface area contributed by atoms with Gasteiger partial charge in [0.2, 0.25) is 0 Å². The van der Waals surface area contributed by atoms with Gasteiger partial charge in [0.25, 0.3) is 0 Å². The maximum atomic E-state index is 9.33. The molecule has 0 aromatic heterocycles. The molecule has 2 unspecified atom stereocenters. The van der Waals surface area contributed by atoms with Crippen LogP contribution in [-0.4, -0.2) is 54.7 Å². The molecule has 112 valence electrons. The average molecular weight is 276 g/mol. The summed E-state index contributed by atoms with van der Waals surface area (Å²) in [5.41, 5.74) is 1.31. The zero-order valence-corrected chi connectivity index (χ0v) is 12.8. The molecule has 2 atom stereocenters. The van der Waals surface area contributed by atoms with E-state index >= 15 is 0 Å². The molecule has 0 aliphatic carbocycles. The Kier molecular flexibility index (Phi) is 6.02. The number of aliphatic hydroxyl groups is 1. The lowest BCUT2D eigenvalue weighted by atomic mass is 10.0. The number of likely N-dealkylation sites (tertiary alicyclic amines) is 1. The highest BCUT2D eigenvalue weighted by molar-refractivity contribution is 5.18. The number of benzene rings is 1. The highest BCUT2D eigenvalue weighted by atomic mass is 16.3. The monoisotopic (exact) mass is 276 g/mol. The second kappa shape index (κ2) is 7.77. The van der Waals surface area contributed by atoms with Crippen molar-refractivity contribution in [3.8, 4) is 0 Å². The van der Waals surface area contributed by atoms with Gasteiger partial charge in [-0.2, -0.15) is 0 Å². The number of rotatable bonds is 7. The van der Waals surface area contributed by atoms with Crippen LogP contribution in [-0.2, 0) is 0 Å². The molecule has 1 fully saturated rings. The summed E-state index contributed by atoms with van der Waals surface area (Å²) in [5, 5.41) is 9.33. The standard InChI is InChI=1S/C17H28N2O/c1-18-12-6-9-16(18)10-13-19(2)17(11-14-20)15-7-4-3-5-8-15/h3-5,7-8,16-17,20H,6,9-14H2,1-2H3. The van der Waals surface area contributed by atoms with Crippen LogP contribution in [0.1, 0.15) is 37.3 Å². The van der Waals surface area contributed by atoms with Gasteiger partial charge in [0, 0.05) is 18.7 Å². The Morgan fingerprint density at radius 3 is 2.70 bits per heavy atom. The molecule has 1 aromatic rings. The van der Waals surface area contributed by atoms with Gasteiger partial charge in [-0.05, 0) is 58.4 Å². The van der Waals surface area contributed by atoms with Gasteiger partial charge in [-0.15, -0.1) is 0 Å². The number of hydrogen-bond donors (Lipinski definition) is 1. The lowest BCUT2D eigenvalue weighted by Gasteiger charge is -2.30. The number of aliphatic hydroxyl groups excluding tert-OH is 1. The molecule has 0 saturated carbocycles. The zero-order valence-electron chi connectivity index (χ0n) is 12.8. The van der Waals surface area contributed by atoms with E-state index in [1.165, 1.54) is 31.4 Å². The van der Waals surface area contributed by atoms with Gasteiger partial charge in [-0.3, -0.25) is 4.90 Å². The quantitative estimate of drug-likeness (QED) is 0.829. The molecule has 1 aliphatic rings. The average Bonchev–Trinajstić information content (AvgIpc) is 2.88. The summed E-state index contributed by atoms with van der Waals surface area (Å²) in [7, 11) is 4.42. The van der Waals surface area contributed by atoms with Crippen LogP contribution in [0.2, 0.25) is 0 Å². The number of nitrogens with zero attached hydrogens (tertiary/aromatic N) is 2. The second-order valence-electron chi connectivity index (χ2n) is 5.98. The molecule has 0 radical (unpaired) electrons. The molecule has 1 aromatic carbocycles. The Morgan fingerprint density at radius 2 is 2.10 bits per heavy atom. The summed E-state index contributed by atoms with van der Waals surface area (Å²) in [6.07, 6.45) is 4.70. The van der Waals surface area contributed by atoms with Crippen molar-refractivity contribution in [3.63, 3.8) is 0 Å². The third-order valence-electron chi connectivity index (χ3n) is 4.61. The summed E-state index contributed by atoms with van der Waals surface area (Å²) in [4.78, 5) is 4.88. The predicted molar refractivity (Wildman–Crippen MR) is 83.8 cm³/mol. The summed E-state index contributed by atoms with van der Waals surface area (Å²) in [5.74, 6) is 0. The first-order chi connectivity index (χ1) is 9.72. The van der Waals surface area contributed by atoms with Gasteiger partial charge in [-0.1, -0.05) is 30.3 Å². The van der Waals surface area contributed by atoms with E-state index in [1.54, 1.807) is 0 Å². The van der Waals surface area contributed by atoms with Crippen LogP contribution in [0.4, 0.5) is 0 Å². The molecule has 0 bridgehead atoms. The molecule has 0 amide bonds. The van der Waals surface area contributed by atoms with Crippen LogP contribution < -0.4 is 0 Å². The van der Waals surface area contributed by atoms with Crippen molar-refractivity contribution in [2.75, 3.05) is 33.8 Å². The lowest BCUT2D eigenvalue weighted by Crippen LogP contribution is -2.32. The van der Waals surface area contributed by atoms with Crippen LogP contribution in [0.5, 0.6) is 0 Å². The van der Waals surface area contributed by atoms with Crippen molar-refractivity contribution in [2.45, 2.75) is 37.8 Å². The largest absolute Gasteiger partial charge is 0.396 e. The molecular formula is C17H28N2O. The molecule has 20 heavy (non-hydrogen) atoms. The Hall–Kier alpha value is -0.900. The Morgan fingerprint density at radius 1 is 1.35 bits per heavy atom. The third-order valence-corrected chi connectivity index (χ3v) is 4.61. The van der Waals surface area contributed by atoms with Gasteiger partial charge in [0.15, 0.2) is 0 Å². The summed E-state index contributed by atoms with van der Waals surface area (Å²) in [6, 6.07) is 11.6. The van der Waals surface area contributed by atoms with E-state index in [1.807, 2.05) is 6.07 Å². The van der Waals surface area contributed by atoms with Crippen LogP contribution in [0.15, 0.2) is 30.3 Å². The molecule has 1 heterocycles. The predicted octanol–water partition coefficient (Wildman–Crippen LogP) is 2.53. The number of hydrogen-bond acceptors (Lipinski definition) is 3. The highest BCUT2D eigenvalue weighted by Gasteiger charge is 2.22.